The molecule has 17 heavy (non-hydrogen) atoms. The lowest BCUT2D eigenvalue weighted by molar-refractivity contribution is 0.465. The molecule has 0 aliphatic carbocycles. The standard InChI is InChI=1S/C12H18ClNO2S/c1-14(11-12-7-3-2-4-8-12)17(15,16)10-6-5-9-13/h2-4,7-8H,5-6,9-11H2,1H3. The van der Waals surface area contributed by atoms with Gasteiger partial charge < -0.3 is 0 Å². The Morgan fingerprint density at radius 3 is 2.41 bits per heavy atom. The van der Waals surface area contributed by atoms with E-state index >= 15 is 0 Å². The molecule has 1 rings (SSSR count). The van der Waals surface area contributed by atoms with Gasteiger partial charge in [-0.25, -0.2) is 12.7 Å². The summed E-state index contributed by atoms with van der Waals surface area (Å²) >= 11 is 5.53. The van der Waals surface area contributed by atoms with Crippen molar-refractivity contribution in [2.24, 2.45) is 0 Å². The molecule has 0 aliphatic rings. The van der Waals surface area contributed by atoms with Gasteiger partial charge >= 0.3 is 0 Å². The fourth-order valence-corrected chi connectivity index (χ4v) is 2.89. The van der Waals surface area contributed by atoms with Crippen LogP contribution < -0.4 is 0 Å². The van der Waals surface area contributed by atoms with Gasteiger partial charge in [0, 0.05) is 19.5 Å². The maximum atomic E-state index is 11.9. The Kier molecular flexibility index (Phi) is 5.95. The number of benzene rings is 1. The van der Waals surface area contributed by atoms with Crippen LogP contribution in [0.2, 0.25) is 0 Å². The lowest BCUT2D eigenvalue weighted by atomic mass is 10.2. The molecule has 0 spiro atoms. The van der Waals surface area contributed by atoms with Crippen molar-refractivity contribution in [1.29, 1.82) is 0 Å². The van der Waals surface area contributed by atoms with Crippen molar-refractivity contribution in [1.82, 2.24) is 4.31 Å². The molecule has 0 radical (unpaired) electrons. The summed E-state index contributed by atoms with van der Waals surface area (Å²) in [7, 11) is -1.54. The molecule has 0 heterocycles. The Labute approximate surface area is 108 Å². The Hall–Kier alpha value is -0.580. The van der Waals surface area contributed by atoms with Crippen molar-refractivity contribution in [2.75, 3.05) is 18.7 Å². The molecule has 0 saturated heterocycles. The van der Waals surface area contributed by atoms with Gasteiger partial charge in [-0.3, -0.25) is 0 Å². The molecular weight excluding hydrogens is 258 g/mol. The highest BCUT2D eigenvalue weighted by molar-refractivity contribution is 7.89. The minimum absolute atomic E-state index is 0.170. The third kappa shape index (κ3) is 5.06. The molecule has 0 unspecified atom stereocenters. The van der Waals surface area contributed by atoms with Crippen LogP contribution >= 0.6 is 11.6 Å². The minimum Gasteiger partial charge on any atom is -0.212 e. The van der Waals surface area contributed by atoms with E-state index < -0.39 is 10.0 Å². The number of hydrogen-bond acceptors (Lipinski definition) is 2. The number of rotatable bonds is 7. The van der Waals surface area contributed by atoms with Gasteiger partial charge in [0.05, 0.1) is 5.75 Å². The number of alkyl halides is 1. The smallest absolute Gasteiger partial charge is 0.212 e. The summed E-state index contributed by atoms with van der Waals surface area (Å²) in [6.07, 6.45) is 1.35. The predicted octanol–water partition coefficient (Wildman–Crippen LogP) is 2.47. The highest BCUT2D eigenvalue weighted by Gasteiger charge is 2.17. The quantitative estimate of drug-likeness (QED) is 0.566. The first-order valence-corrected chi connectivity index (χ1v) is 7.74. The summed E-state index contributed by atoms with van der Waals surface area (Å²) in [5.41, 5.74) is 0.996. The zero-order valence-corrected chi connectivity index (χ0v) is 11.5. The Bertz CT molecular complexity index is 419. The fraction of sp³-hybridized carbons (Fsp3) is 0.500. The SMILES string of the molecule is CN(Cc1ccccc1)S(=O)(=O)CCCCCl. The predicted molar refractivity (Wildman–Crippen MR) is 71.6 cm³/mol. The fourth-order valence-electron chi connectivity index (χ4n) is 1.47. The molecule has 1 aromatic rings. The average molecular weight is 276 g/mol. The largest absolute Gasteiger partial charge is 0.214 e. The van der Waals surface area contributed by atoms with Gasteiger partial charge in [-0.2, -0.15) is 0 Å². The summed E-state index contributed by atoms with van der Waals surface area (Å²) < 4.78 is 25.2. The molecule has 0 amide bonds. The molecule has 0 saturated carbocycles. The zero-order chi connectivity index (χ0) is 12.7. The van der Waals surface area contributed by atoms with Crippen molar-refractivity contribution in [3.05, 3.63) is 35.9 Å². The maximum absolute atomic E-state index is 11.9. The molecule has 1 aromatic carbocycles. The first-order chi connectivity index (χ1) is 8.06. The normalized spacial score (nSPS) is 11.9. The number of nitrogens with zero attached hydrogens (tertiary/aromatic N) is 1. The molecule has 0 bridgehead atoms. The number of halogens is 1. The van der Waals surface area contributed by atoms with Crippen molar-refractivity contribution in [2.45, 2.75) is 19.4 Å². The van der Waals surface area contributed by atoms with Crippen molar-refractivity contribution in [3.8, 4) is 0 Å². The first-order valence-electron chi connectivity index (χ1n) is 5.60. The van der Waals surface area contributed by atoms with E-state index in [0.717, 1.165) is 12.0 Å². The van der Waals surface area contributed by atoms with E-state index in [9.17, 15) is 8.42 Å². The monoisotopic (exact) mass is 275 g/mol. The molecular formula is C12H18ClNO2S. The van der Waals surface area contributed by atoms with Crippen LogP contribution in [0.25, 0.3) is 0 Å². The van der Waals surface area contributed by atoms with Crippen LogP contribution in [-0.4, -0.2) is 31.4 Å². The topological polar surface area (TPSA) is 37.4 Å². The maximum Gasteiger partial charge on any atom is 0.214 e. The van der Waals surface area contributed by atoms with Crippen molar-refractivity contribution < 1.29 is 8.42 Å². The second kappa shape index (κ2) is 6.99. The van der Waals surface area contributed by atoms with Crippen LogP contribution in [0.15, 0.2) is 30.3 Å². The molecule has 0 fully saturated rings. The van der Waals surface area contributed by atoms with Crippen LogP contribution in [0.5, 0.6) is 0 Å². The minimum atomic E-state index is -3.16. The Balaban J connectivity index is 2.54. The van der Waals surface area contributed by atoms with Crippen LogP contribution in [0.3, 0.4) is 0 Å². The van der Waals surface area contributed by atoms with E-state index in [0.29, 0.717) is 18.8 Å². The summed E-state index contributed by atoms with van der Waals surface area (Å²) in [6.45, 7) is 0.421. The second-order valence-electron chi connectivity index (χ2n) is 3.95. The molecule has 5 heteroatoms. The van der Waals surface area contributed by atoms with Gasteiger partial charge in [0.2, 0.25) is 10.0 Å². The Morgan fingerprint density at radius 1 is 1.18 bits per heavy atom. The number of hydrogen-bond donors (Lipinski definition) is 0. The van der Waals surface area contributed by atoms with E-state index in [1.54, 1.807) is 7.05 Å². The van der Waals surface area contributed by atoms with Crippen LogP contribution in [0, 0.1) is 0 Å². The molecule has 3 nitrogen and oxygen atoms in total. The highest BCUT2D eigenvalue weighted by atomic mass is 35.5. The van der Waals surface area contributed by atoms with Gasteiger partial charge in [0.25, 0.3) is 0 Å². The first kappa shape index (κ1) is 14.5. The van der Waals surface area contributed by atoms with Crippen LogP contribution in [0.4, 0.5) is 0 Å². The summed E-state index contributed by atoms with van der Waals surface area (Å²) in [6, 6.07) is 9.57. The van der Waals surface area contributed by atoms with E-state index in [1.807, 2.05) is 30.3 Å². The van der Waals surface area contributed by atoms with Gasteiger partial charge in [-0.15, -0.1) is 11.6 Å². The number of unbranched alkanes of at least 4 members (excludes halogenated alkanes) is 1. The third-order valence-electron chi connectivity index (χ3n) is 2.51. The third-order valence-corrected chi connectivity index (χ3v) is 4.66. The summed E-state index contributed by atoms with van der Waals surface area (Å²) in [4.78, 5) is 0. The van der Waals surface area contributed by atoms with Crippen molar-refractivity contribution >= 4 is 21.6 Å². The highest BCUT2D eigenvalue weighted by Crippen LogP contribution is 2.09. The molecule has 0 aliphatic heterocycles. The van der Waals surface area contributed by atoms with Crippen molar-refractivity contribution in [3.63, 3.8) is 0 Å². The van der Waals surface area contributed by atoms with E-state index in [4.69, 9.17) is 11.6 Å². The van der Waals surface area contributed by atoms with E-state index in [2.05, 4.69) is 0 Å². The Morgan fingerprint density at radius 2 is 1.82 bits per heavy atom. The molecule has 0 N–H and O–H groups in total. The lowest BCUT2D eigenvalue weighted by Gasteiger charge is -2.17. The lowest BCUT2D eigenvalue weighted by Crippen LogP contribution is -2.28. The van der Waals surface area contributed by atoms with Crippen LogP contribution in [0.1, 0.15) is 18.4 Å². The second-order valence-corrected chi connectivity index (χ2v) is 6.53. The average Bonchev–Trinajstić information content (AvgIpc) is 2.30. The van der Waals surface area contributed by atoms with E-state index in [-0.39, 0.29) is 5.75 Å². The van der Waals surface area contributed by atoms with Gasteiger partial charge in [0.1, 0.15) is 0 Å². The molecule has 0 atom stereocenters. The van der Waals surface area contributed by atoms with E-state index in [1.165, 1.54) is 4.31 Å². The van der Waals surface area contributed by atoms with Gasteiger partial charge in [-0.05, 0) is 18.4 Å². The van der Waals surface area contributed by atoms with Gasteiger partial charge in [-0.1, -0.05) is 30.3 Å². The zero-order valence-electron chi connectivity index (χ0n) is 9.97. The molecule has 0 aromatic heterocycles. The summed E-state index contributed by atoms with van der Waals surface area (Å²) in [5, 5.41) is 0. The van der Waals surface area contributed by atoms with Gasteiger partial charge in [0.15, 0.2) is 0 Å². The van der Waals surface area contributed by atoms with Crippen LogP contribution in [-0.2, 0) is 16.6 Å². The number of sulfonamides is 1. The molecule has 96 valence electrons. The summed E-state index contributed by atoms with van der Waals surface area (Å²) in [5.74, 6) is 0.682.